The van der Waals surface area contributed by atoms with E-state index < -0.39 is 0 Å². The summed E-state index contributed by atoms with van der Waals surface area (Å²) in [4.78, 5) is 13.1. The molecule has 2 aromatic heterocycles. The summed E-state index contributed by atoms with van der Waals surface area (Å²) < 4.78 is 6.95. The number of aromatic nitrogens is 4. The van der Waals surface area contributed by atoms with Crippen LogP contribution in [0.1, 0.15) is 28.7 Å². The predicted molar refractivity (Wildman–Crippen MR) is 108 cm³/mol. The molecule has 0 aliphatic rings. The van der Waals surface area contributed by atoms with E-state index in [-0.39, 0.29) is 5.91 Å². The third-order valence-corrected chi connectivity index (χ3v) is 5.31. The van der Waals surface area contributed by atoms with Crippen molar-refractivity contribution in [3.63, 3.8) is 0 Å². The molecule has 0 atom stereocenters. The number of carbonyl (C=O) groups is 1. The zero-order valence-corrected chi connectivity index (χ0v) is 16.4. The zero-order valence-electron chi connectivity index (χ0n) is 15.5. The van der Waals surface area contributed by atoms with E-state index >= 15 is 0 Å². The molecule has 4 aromatic rings. The summed E-state index contributed by atoms with van der Waals surface area (Å²) in [5.41, 5.74) is 2.60. The molecule has 2 aromatic carbocycles. The van der Waals surface area contributed by atoms with Gasteiger partial charge in [-0.05, 0) is 23.8 Å². The van der Waals surface area contributed by atoms with Crippen molar-refractivity contribution < 1.29 is 9.53 Å². The van der Waals surface area contributed by atoms with Gasteiger partial charge < -0.3 is 10.1 Å². The van der Waals surface area contributed by atoms with Gasteiger partial charge in [0, 0.05) is 24.1 Å². The molecule has 0 spiro atoms. The first-order chi connectivity index (χ1) is 13.7. The highest BCUT2D eigenvalue weighted by Crippen LogP contribution is 2.25. The average molecular weight is 393 g/mol. The normalized spacial score (nSPS) is 10.9. The minimum atomic E-state index is -0.135. The predicted octanol–water partition coefficient (Wildman–Crippen LogP) is 3.35. The molecular weight excluding hydrogens is 374 g/mol. The Morgan fingerprint density at radius 3 is 2.75 bits per heavy atom. The number of hydrogen-bond donors (Lipinski definition) is 1. The van der Waals surface area contributed by atoms with E-state index in [1.54, 1.807) is 29.8 Å². The van der Waals surface area contributed by atoms with Gasteiger partial charge in [-0.3, -0.25) is 4.79 Å². The first-order valence-corrected chi connectivity index (χ1v) is 9.72. The lowest BCUT2D eigenvalue weighted by Crippen LogP contribution is -2.22. The van der Waals surface area contributed by atoms with Crippen LogP contribution in [0.4, 0.5) is 0 Å². The molecule has 8 heteroatoms. The van der Waals surface area contributed by atoms with Gasteiger partial charge in [0.25, 0.3) is 5.91 Å². The summed E-state index contributed by atoms with van der Waals surface area (Å²) in [5.74, 6) is 1.38. The van der Waals surface area contributed by atoms with Crippen molar-refractivity contribution in [1.29, 1.82) is 0 Å². The molecule has 1 N–H and O–H groups in total. The van der Waals surface area contributed by atoms with Crippen molar-refractivity contribution in [2.75, 3.05) is 7.11 Å². The Labute approximate surface area is 166 Å². The van der Waals surface area contributed by atoms with Crippen LogP contribution < -0.4 is 10.1 Å². The van der Waals surface area contributed by atoms with Gasteiger partial charge in [0.2, 0.25) is 4.96 Å². The minimum absolute atomic E-state index is 0.135. The van der Waals surface area contributed by atoms with Crippen molar-refractivity contribution in [1.82, 2.24) is 25.1 Å². The van der Waals surface area contributed by atoms with Crippen LogP contribution in [0.15, 0.2) is 48.5 Å². The molecule has 28 heavy (non-hydrogen) atoms. The number of rotatable bonds is 6. The van der Waals surface area contributed by atoms with E-state index in [2.05, 4.69) is 20.6 Å². The summed E-state index contributed by atoms with van der Waals surface area (Å²) in [7, 11) is 1.58. The first kappa shape index (κ1) is 18.1. The number of methoxy groups -OCH3 is 1. The fourth-order valence-electron chi connectivity index (χ4n) is 2.81. The molecule has 0 saturated heterocycles. The molecule has 142 valence electrons. The summed E-state index contributed by atoms with van der Waals surface area (Å²) >= 11 is 1.51. The minimum Gasteiger partial charge on any atom is -0.497 e. The quantitative estimate of drug-likeness (QED) is 0.543. The van der Waals surface area contributed by atoms with Crippen LogP contribution in [0, 0.1) is 0 Å². The molecule has 4 rings (SSSR count). The number of nitrogens with zero attached hydrogens (tertiary/aromatic N) is 4. The number of ether oxygens (including phenoxy) is 1. The third-order valence-electron chi connectivity index (χ3n) is 4.36. The molecule has 0 saturated carbocycles. The lowest BCUT2D eigenvalue weighted by molar-refractivity contribution is 0.0950. The van der Waals surface area contributed by atoms with Crippen LogP contribution in [0.25, 0.3) is 15.5 Å². The average Bonchev–Trinajstić information content (AvgIpc) is 3.33. The van der Waals surface area contributed by atoms with Crippen molar-refractivity contribution in [3.8, 4) is 16.3 Å². The maximum absolute atomic E-state index is 12.3. The molecule has 0 aliphatic carbocycles. The van der Waals surface area contributed by atoms with Crippen LogP contribution in [-0.2, 0) is 13.0 Å². The molecule has 7 nitrogen and oxygen atoms in total. The van der Waals surface area contributed by atoms with Gasteiger partial charge in [0.05, 0.1) is 7.11 Å². The number of amides is 1. The van der Waals surface area contributed by atoms with Crippen LogP contribution in [0.2, 0.25) is 0 Å². The van der Waals surface area contributed by atoms with Crippen molar-refractivity contribution in [2.45, 2.75) is 19.9 Å². The fourth-order valence-corrected chi connectivity index (χ4v) is 3.67. The first-order valence-electron chi connectivity index (χ1n) is 8.90. The molecule has 0 aliphatic heterocycles. The molecule has 1 amide bonds. The number of aryl methyl sites for hydroxylation is 1. The highest BCUT2D eigenvalue weighted by molar-refractivity contribution is 7.19. The standard InChI is InChI=1S/C20H19N5O2S/c1-3-17-22-23-20-25(17)24-19(28-20)14-9-7-13(8-10-14)12-21-18(26)15-5-4-6-16(11-15)27-2/h4-11H,3,12H2,1-2H3,(H,21,26). The van der Waals surface area contributed by atoms with Crippen molar-refractivity contribution in [3.05, 3.63) is 65.5 Å². The highest BCUT2D eigenvalue weighted by atomic mass is 32.1. The molecule has 0 bridgehead atoms. The van der Waals surface area contributed by atoms with Gasteiger partial charge in [0.15, 0.2) is 5.82 Å². The largest absolute Gasteiger partial charge is 0.497 e. The summed E-state index contributed by atoms with van der Waals surface area (Å²) in [6.45, 7) is 2.48. The van der Waals surface area contributed by atoms with E-state index in [1.165, 1.54) is 11.3 Å². The third kappa shape index (κ3) is 3.59. The topological polar surface area (TPSA) is 81.4 Å². The Kier molecular flexibility index (Phi) is 5.03. The maximum Gasteiger partial charge on any atom is 0.251 e. The Bertz CT molecular complexity index is 1120. The van der Waals surface area contributed by atoms with Crippen LogP contribution in [0.3, 0.4) is 0 Å². The monoisotopic (exact) mass is 393 g/mol. The summed E-state index contributed by atoms with van der Waals surface area (Å²) in [6, 6.07) is 15.1. The SMILES string of the molecule is CCc1nnc2sc(-c3ccc(CNC(=O)c4cccc(OC)c4)cc3)nn12. The van der Waals surface area contributed by atoms with Gasteiger partial charge in [-0.25, -0.2) is 0 Å². The van der Waals surface area contributed by atoms with E-state index in [0.29, 0.717) is 17.9 Å². The van der Waals surface area contributed by atoms with E-state index in [4.69, 9.17) is 4.74 Å². The van der Waals surface area contributed by atoms with Gasteiger partial charge in [0.1, 0.15) is 10.8 Å². The fraction of sp³-hybridized carbons (Fsp3) is 0.200. The zero-order chi connectivity index (χ0) is 19.5. The number of carbonyl (C=O) groups excluding carboxylic acids is 1. The molecular formula is C20H19N5O2S. The number of fused-ring (bicyclic) bond motifs is 1. The Morgan fingerprint density at radius 2 is 2.00 bits per heavy atom. The highest BCUT2D eigenvalue weighted by Gasteiger charge is 2.12. The van der Waals surface area contributed by atoms with Crippen molar-refractivity contribution >= 4 is 22.2 Å². The molecule has 0 radical (unpaired) electrons. The second-order valence-corrected chi connectivity index (χ2v) is 7.14. The van der Waals surface area contributed by atoms with Gasteiger partial charge >= 0.3 is 0 Å². The Balaban J connectivity index is 1.44. The summed E-state index contributed by atoms with van der Waals surface area (Å²) in [5, 5.41) is 16.7. The molecule has 0 fully saturated rings. The number of benzene rings is 2. The van der Waals surface area contributed by atoms with Gasteiger partial charge in [-0.15, -0.1) is 10.2 Å². The van der Waals surface area contributed by atoms with E-state index in [1.807, 2.05) is 37.3 Å². The summed E-state index contributed by atoms with van der Waals surface area (Å²) in [6.07, 6.45) is 0.788. The molecule has 2 heterocycles. The lowest BCUT2D eigenvalue weighted by Gasteiger charge is -2.07. The molecule has 0 unspecified atom stereocenters. The van der Waals surface area contributed by atoms with Crippen LogP contribution >= 0.6 is 11.3 Å². The van der Waals surface area contributed by atoms with E-state index in [9.17, 15) is 4.79 Å². The lowest BCUT2D eigenvalue weighted by atomic mass is 10.1. The smallest absolute Gasteiger partial charge is 0.251 e. The number of nitrogens with one attached hydrogen (secondary N) is 1. The van der Waals surface area contributed by atoms with Crippen molar-refractivity contribution in [2.24, 2.45) is 0 Å². The number of hydrogen-bond acceptors (Lipinski definition) is 6. The van der Waals surface area contributed by atoms with Gasteiger partial charge in [-0.2, -0.15) is 9.61 Å². The Hall–Kier alpha value is -3.26. The second kappa shape index (κ2) is 7.77. The van der Waals surface area contributed by atoms with Crippen LogP contribution in [0.5, 0.6) is 5.75 Å². The van der Waals surface area contributed by atoms with Crippen LogP contribution in [-0.4, -0.2) is 32.8 Å². The second-order valence-electron chi connectivity index (χ2n) is 6.18. The van der Waals surface area contributed by atoms with E-state index in [0.717, 1.165) is 33.3 Å². The maximum atomic E-state index is 12.3. The van der Waals surface area contributed by atoms with Gasteiger partial charge in [-0.1, -0.05) is 48.6 Å². The Morgan fingerprint density at radius 1 is 1.18 bits per heavy atom.